The van der Waals surface area contributed by atoms with Gasteiger partial charge in [0.25, 0.3) is 0 Å². The second-order valence-corrected chi connectivity index (χ2v) is 5.91. The van der Waals surface area contributed by atoms with Crippen LogP contribution in [0, 0.1) is 5.82 Å². The summed E-state index contributed by atoms with van der Waals surface area (Å²) in [5.41, 5.74) is 8.42. The maximum absolute atomic E-state index is 13.0. The standard InChI is InChI=1S/C20H17FN4O.ClH/c21-15-4-5-16(24-12-15)13-25-9-7-17-18(25)2-1-3-19(17)26-20-10-14(11-22)6-8-23-20;/h1-10,12H,11,13,22H2;1H. The highest BCUT2D eigenvalue weighted by Crippen LogP contribution is 2.30. The van der Waals surface area contributed by atoms with Gasteiger partial charge >= 0.3 is 0 Å². The molecule has 3 heterocycles. The molecule has 5 nitrogen and oxygen atoms in total. The van der Waals surface area contributed by atoms with Crippen molar-refractivity contribution in [3.63, 3.8) is 0 Å². The summed E-state index contributed by atoms with van der Waals surface area (Å²) in [5, 5.41) is 0.967. The molecular weight excluding hydrogens is 367 g/mol. The van der Waals surface area contributed by atoms with E-state index in [-0.39, 0.29) is 18.2 Å². The van der Waals surface area contributed by atoms with Crippen molar-refractivity contribution in [3.05, 3.63) is 84.2 Å². The molecule has 0 spiro atoms. The van der Waals surface area contributed by atoms with Crippen molar-refractivity contribution < 1.29 is 9.13 Å². The van der Waals surface area contributed by atoms with Gasteiger partial charge < -0.3 is 15.0 Å². The zero-order valence-electron chi connectivity index (χ0n) is 14.4. The van der Waals surface area contributed by atoms with E-state index < -0.39 is 0 Å². The first-order valence-corrected chi connectivity index (χ1v) is 8.24. The van der Waals surface area contributed by atoms with E-state index in [1.165, 1.54) is 12.3 Å². The van der Waals surface area contributed by atoms with Gasteiger partial charge in [0.05, 0.1) is 24.0 Å². The third kappa shape index (κ3) is 4.07. The molecule has 0 aliphatic heterocycles. The Kier molecular flexibility index (Phi) is 5.69. The van der Waals surface area contributed by atoms with Crippen LogP contribution in [0.1, 0.15) is 11.3 Å². The zero-order valence-corrected chi connectivity index (χ0v) is 15.2. The second kappa shape index (κ2) is 8.16. The van der Waals surface area contributed by atoms with Crippen LogP contribution in [0.25, 0.3) is 10.9 Å². The van der Waals surface area contributed by atoms with Gasteiger partial charge in [0.1, 0.15) is 11.6 Å². The molecule has 4 rings (SSSR count). The molecular formula is C20H18ClFN4O. The van der Waals surface area contributed by atoms with Gasteiger partial charge in [-0.15, -0.1) is 12.4 Å². The maximum atomic E-state index is 13.0. The number of fused-ring (bicyclic) bond motifs is 1. The van der Waals surface area contributed by atoms with Crippen molar-refractivity contribution in [2.75, 3.05) is 0 Å². The largest absolute Gasteiger partial charge is 0.438 e. The Morgan fingerprint density at radius 1 is 1.07 bits per heavy atom. The van der Waals surface area contributed by atoms with Gasteiger partial charge in [-0.25, -0.2) is 9.37 Å². The predicted octanol–water partition coefficient (Wildman–Crippen LogP) is 4.29. The molecule has 4 aromatic rings. The van der Waals surface area contributed by atoms with Crippen LogP contribution in [-0.2, 0) is 13.1 Å². The smallest absolute Gasteiger partial charge is 0.219 e. The van der Waals surface area contributed by atoms with Crippen LogP contribution in [0.3, 0.4) is 0 Å². The number of halogens is 2. The van der Waals surface area contributed by atoms with Crippen LogP contribution in [0.5, 0.6) is 11.6 Å². The molecule has 0 saturated heterocycles. The molecule has 1 aromatic carbocycles. The molecule has 0 bridgehead atoms. The number of ether oxygens (including phenoxy) is 1. The second-order valence-electron chi connectivity index (χ2n) is 5.91. The lowest BCUT2D eigenvalue weighted by atomic mass is 10.2. The van der Waals surface area contributed by atoms with Crippen LogP contribution >= 0.6 is 12.4 Å². The normalized spacial score (nSPS) is 10.6. The van der Waals surface area contributed by atoms with E-state index >= 15 is 0 Å². The topological polar surface area (TPSA) is 66.0 Å². The minimum Gasteiger partial charge on any atom is -0.438 e. The van der Waals surface area contributed by atoms with Gasteiger partial charge in [0.2, 0.25) is 5.88 Å². The molecule has 7 heteroatoms. The van der Waals surface area contributed by atoms with Gasteiger partial charge in [0.15, 0.2) is 0 Å². The minimum atomic E-state index is -0.339. The molecule has 3 aromatic heterocycles. The first-order chi connectivity index (χ1) is 12.7. The molecule has 0 aliphatic carbocycles. The van der Waals surface area contributed by atoms with E-state index in [0.29, 0.717) is 19.0 Å². The van der Waals surface area contributed by atoms with Crippen molar-refractivity contribution in [2.24, 2.45) is 5.73 Å². The summed E-state index contributed by atoms with van der Waals surface area (Å²) >= 11 is 0. The van der Waals surface area contributed by atoms with Crippen molar-refractivity contribution in [3.8, 4) is 11.6 Å². The number of hydrogen-bond acceptors (Lipinski definition) is 4. The lowest BCUT2D eigenvalue weighted by molar-refractivity contribution is 0.467. The molecule has 0 unspecified atom stereocenters. The fourth-order valence-corrected chi connectivity index (χ4v) is 2.84. The maximum Gasteiger partial charge on any atom is 0.219 e. The van der Waals surface area contributed by atoms with Crippen LogP contribution in [0.4, 0.5) is 4.39 Å². The van der Waals surface area contributed by atoms with Gasteiger partial charge in [-0.2, -0.15) is 0 Å². The molecule has 138 valence electrons. The Morgan fingerprint density at radius 3 is 2.74 bits per heavy atom. The van der Waals surface area contributed by atoms with E-state index in [0.717, 1.165) is 27.9 Å². The number of hydrogen-bond donors (Lipinski definition) is 1. The van der Waals surface area contributed by atoms with Crippen molar-refractivity contribution in [2.45, 2.75) is 13.1 Å². The molecule has 0 fully saturated rings. The van der Waals surface area contributed by atoms with Crippen molar-refractivity contribution >= 4 is 23.3 Å². The van der Waals surface area contributed by atoms with E-state index in [2.05, 4.69) is 9.97 Å². The monoisotopic (exact) mass is 384 g/mol. The Morgan fingerprint density at radius 2 is 1.96 bits per heavy atom. The van der Waals surface area contributed by atoms with E-state index in [1.54, 1.807) is 12.3 Å². The molecule has 0 amide bonds. The van der Waals surface area contributed by atoms with Crippen LogP contribution in [0.2, 0.25) is 0 Å². The van der Waals surface area contributed by atoms with E-state index in [4.69, 9.17) is 10.5 Å². The van der Waals surface area contributed by atoms with Gasteiger partial charge in [-0.1, -0.05) is 6.07 Å². The fourth-order valence-electron chi connectivity index (χ4n) is 2.84. The van der Waals surface area contributed by atoms with Crippen LogP contribution in [0.15, 0.2) is 67.1 Å². The summed E-state index contributed by atoms with van der Waals surface area (Å²) in [6, 6.07) is 14.6. The average molecular weight is 385 g/mol. The van der Waals surface area contributed by atoms with E-state index in [1.807, 2.05) is 47.2 Å². The highest BCUT2D eigenvalue weighted by atomic mass is 35.5. The number of pyridine rings is 2. The van der Waals surface area contributed by atoms with E-state index in [9.17, 15) is 4.39 Å². The molecule has 0 aliphatic rings. The number of nitrogens with zero attached hydrogens (tertiary/aromatic N) is 3. The minimum absolute atomic E-state index is 0. The van der Waals surface area contributed by atoms with Crippen LogP contribution in [-0.4, -0.2) is 14.5 Å². The first kappa shape index (κ1) is 18.8. The predicted molar refractivity (Wildman–Crippen MR) is 105 cm³/mol. The van der Waals surface area contributed by atoms with Crippen molar-refractivity contribution in [1.82, 2.24) is 14.5 Å². The summed E-state index contributed by atoms with van der Waals surface area (Å²) < 4.78 is 21.0. The Bertz CT molecular complexity index is 1050. The Labute approximate surface area is 162 Å². The van der Waals surface area contributed by atoms with Gasteiger partial charge in [-0.05, 0) is 42.0 Å². The average Bonchev–Trinajstić information content (AvgIpc) is 3.08. The molecule has 0 atom stereocenters. The number of aromatic nitrogens is 3. The summed E-state index contributed by atoms with van der Waals surface area (Å²) in [6.07, 6.45) is 4.88. The third-order valence-corrected chi connectivity index (χ3v) is 4.14. The summed E-state index contributed by atoms with van der Waals surface area (Å²) in [7, 11) is 0. The summed E-state index contributed by atoms with van der Waals surface area (Å²) in [6.45, 7) is 0.984. The zero-order chi connectivity index (χ0) is 17.9. The Hall–Kier alpha value is -2.96. The van der Waals surface area contributed by atoms with Gasteiger partial charge in [-0.3, -0.25) is 4.98 Å². The SMILES string of the molecule is Cl.NCc1ccnc(Oc2cccc3c2ccn3Cc2ccc(F)cn2)c1. The van der Waals surface area contributed by atoms with Gasteiger partial charge in [0, 0.05) is 30.4 Å². The molecule has 27 heavy (non-hydrogen) atoms. The molecule has 0 saturated carbocycles. The molecule has 2 N–H and O–H groups in total. The number of rotatable bonds is 5. The lowest BCUT2D eigenvalue weighted by Crippen LogP contribution is -2.00. The number of nitrogens with two attached hydrogens (primary N) is 1. The summed E-state index contributed by atoms with van der Waals surface area (Å²) in [4.78, 5) is 8.36. The quantitative estimate of drug-likeness (QED) is 0.557. The lowest BCUT2D eigenvalue weighted by Gasteiger charge is -2.09. The number of benzene rings is 1. The van der Waals surface area contributed by atoms with Crippen molar-refractivity contribution in [1.29, 1.82) is 0 Å². The Balaban J connectivity index is 0.00000210. The highest BCUT2D eigenvalue weighted by Gasteiger charge is 2.09. The van der Waals surface area contributed by atoms with Crippen LogP contribution < -0.4 is 10.5 Å². The highest BCUT2D eigenvalue weighted by molar-refractivity contribution is 5.86. The third-order valence-electron chi connectivity index (χ3n) is 4.14. The fraction of sp³-hybridized carbons (Fsp3) is 0.100. The molecule has 0 radical (unpaired) electrons. The first-order valence-electron chi connectivity index (χ1n) is 8.24. The summed E-state index contributed by atoms with van der Waals surface area (Å²) in [5.74, 6) is 0.886.